The highest BCUT2D eigenvalue weighted by Crippen LogP contribution is 2.28. The fourth-order valence-corrected chi connectivity index (χ4v) is 2.43. The summed E-state index contributed by atoms with van der Waals surface area (Å²) in [5, 5.41) is 3.23. The molecule has 3 heteroatoms. The van der Waals surface area contributed by atoms with Crippen LogP contribution in [0.2, 0.25) is 0 Å². The Labute approximate surface area is 102 Å². The SMILES string of the molecule is CNC(CSC(C)(C)C)c1cccc(F)c1. The highest BCUT2D eigenvalue weighted by molar-refractivity contribution is 8.00. The van der Waals surface area contributed by atoms with Gasteiger partial charge in [0.2, 0.25) is 0 Å². The van der Waals surface area contributed by atoms with Gasteiger partial charge in [-0.05, 0) is 24.7 Å². The molecular weight excluding hydrogens is 221 g/mol. The number of thioether (sulfide) groups is 1. The molecule has 1 nitrogen and oxygen atoms in total. The monoisotopic (exact) mass is 241 g/mol. The minimum Gasteiger partial charge on any atom is -0.312 e. The van der Waals surface area contributed by atoms with Crippen molar-refractivity contribution in [1.29, 1.82) is 0 Å². The van der Waals surface area contributed by atoms with Crippen molar-refractivity contribution in [1.82, 2.24) is 5.32 Å². The molecule has 16 heavy (non-hydrogen) atoms. The summed E-state index contributed by atoms with van der Waals surface area (Å²) in [6.07, 6.45) is 0. The predicted octanol–water partition coefficient (Wildman–Crippen LogP) is 3.62. The smallest absolute Gasteiger partial charge is 0.123 e. The second-order valence-corrected chi connectivity index (χ2v) is 6.67. The first-order valence-electron chi connectivity index (χ1n) is 5.49. The van der Waals surface area contributed by atoms with Gasteiger partial charge in [-0.3, -0.25) is 0 Å². The summed E-state index contributed by atoms with van der Waals surface area (Å²) < 4.78 is 13.3. The molecule has 1 aromatic carbocycles. The first kappa shape index (κ1) is 13.5. The van der Waals surface area contributed by atoms with Crippen molar-refractivity contribution in [3.8, 4) is 0 Å². The van der Waals surface area contributed by atoms with Crippen molar-refractivity contribution in [3.05, 3.63) is 35.6 Å². The molecule has 0 radical (unpaired) electrons. The van der Waals surface area contributed by atoms with E-state index >= 15 is 0 Å². The number of hydrogen-bond donors (Lipinski definition) is 1. The normalized spacial score (nSPS) is 13.8. The van der Waals surface area contributed by atoms with Crippen LogP contribution in [0.15, 0.2) is 24.3 Å². The molecule has 90 valence electrons. The minimum absolute atomic E-state index is 0.168. The Kier molecular flexibility index (Phi) is 4.81. The van der Waals surface area contributed by atoms with Gasteiger partial charge in [0, 0.05) is 16.5 Å². The molecule has 1 aromatic rings. The molecule has 0 aliphatic carbocycles. The summed E-state index contributed by atoms with van der Waals surface area (Å²) in [5.74, 6) is 0.780. The molecule has 0 heterocycles. The van der Waals surface area contributed by atoms with Gasteiger partial charge >= 0.3 is 0 Å². The second kappa shape index (κ2) is 5.69. The lowest BCUT2D eigenvalue weighted by Gasteiger charge is -2.23. The zero-order valence-electron chi connectivity index (χ0n) is 10.4. The van der Waals surface area contributed by atoms with Gasteiger partial charge < -0.3 is 5.32 Å². The molecule has 0 aliphatic heterocycles. The van der Waals surface area contributed by atoms with Gasteiger partial charge in [0.05, 0.1) is 0 Å². The summed E-state index contributed by atoms with van der Waals surface area (Å²) in [7, 11) is 1.92. The van der Waals surface area contributed by atoms with E-state index in [9.17, 15) is 4.39 Å². The predicted molar refractivity (Wildman–Crippen MR) is 70.4 cm³/mol. The van der Waals surface area contributed by atoms with Gasteiger partial charge in [0.1, 0.15) is 5.82 Å². The van der Waals surface area contributed by atoms with Gasteiger partial charge in [-0.2, -0.15) is 11.8 Å². The van der Waals surface area contributed by atoms with Crippen molar-refractivity contribution in [3.63, 3.8) is 0 Å². The number of benzene rings is 1. The maximum Gasteiger partial charge on any atom is 0.123 e. The largest absolute Gasteiger partial charge is 0.312 e. The van der Waals surface area contributed by atoms with Crippen LogP contribution in [0.3, 0.4) is 0 Å². The topological polar surface area (TPSA) is 12.0 Å². The molecule has 0 saturated carbocycles. The van der Waals surface area contributed by atoms with Crippen molar-refractivity contribution >= 4 is 11.8 Å². The highest BCUT2D eigenvalue weighted by atomic mass is 32.2. The van der Waals surface area contributed by atoms with E-state index in [1.54, 1.807) is 12.1 Å². The summed E-state index contributed by atoms with van der Waals surface area (Å²) in [6, 6.07) is 7.02. The molecule has 0 fully saturated rings. The van der Waals surface area contributed by atoms with Gasteiger partial charge in [-0.15, -0.1) is 0 Å². The van der Waals surface area contributed by atoms with Gasteiger partial charge in [0.25, 0.3) is 0 Å². The first-order chi connectivity index (χ1) is 7.42. The third-order valence-corrected chi connectivity index (χ3v) is 3.65. The Balaban J connectivity index is 2.68. The lowest BCUT2D eigenvalue weighted by Crippen LogP contribution is -2.21. The van der Waals surface area contributed by atoms with E-state index in [-0.39, 0.29) is 16.6 Å². The van der Waals surface area contributed by atoms with Gasteiger partial charge in [-0.1, -0.05) is 32.9 Å². The third kappa shape index (κ3) is 4.54. The molecule has 0 aromatic heterocycles. The number of nitrogens with one attached hydrogen (secondary N) is 1. The lowest BCUT2D eigenvalue weighted by molar-refractivity contribution is 0.610. The van der Waals surface area contributed by atoms with Crippen LogP contribution in [0.5, 0.6) is 0 Å². The van der Waals surface area contributed by atoms with E-state index < -0.39 is 0 Å². The quantitative estimate of drug-likeness (QED) is 0.864. The lowest BCUT2D eigenvalue weighted by atomic mass is 10.1. The maximum absolute atomic E-state index is 13.1. The van der Waals surface area contributed by atoms with E-state index in [1.807, 2.05) is 24.9 Å². The fourth-order valence-electron chi connectivity index (χ4n) is 1.40. The Bertz CT molecular complexity index is 333. The van der Waals surface area contributed by atoms with E-state index in [0.717, 1.165) is 11.3 Å². The Morgan fingerprint density at radius 2 is 2.06 bits per heavy atom. The first-order valence-corrected chi connectivity index (χ1v) is 6.47. The molecule has 0 aliphatic rings. The standard InChI is InChI=1S/C13H20FNS/c1-13(2,3)16-9-12(15-4)10-6-5-7-11(14)8-10/h5-8,12,15H,9H2,1-4H3. The third-order valence-electron chi connectivity index (χ3n) is 2.28. The second-order valence-electron chi connectivity index (χ2n) is 4.82. The summed E-state index contributed by atoms with van der Waals surface area (Å²) in [4.78, 5) is 0. The van der Waals surface area contributed by atoms with E-state index in [4.69, 9.17) is 0 Å². The number of hydrogen-bond acceptors (Lipinski definition) is 2. The van der Waals surface area contributed by atoms with Crippen LogP contribution in [0.1, 0.15) is 32.4 Å². The van der Waals surface area contributed by atoms with Crippen molar-refractivity contribution in [2.75, 3.05) is 12.8 Å². The maximum atomic E-state index is 13.1. The van der Waals surface area contributed by atoms with Crippen molar-refractivity contribution in [2.24, 2.45) is 0 Å². The number of halogens is 1. The number of rotatable bonds is 4. The van der Waals surface area contributed by atoms with Crippen molar-refractivity contribution < 1.29 is 4.39 Å². The fraction of sp³-hybridized carbons (Fsp3) is 0.538. The molecule has 1 unspecified atom stereocenters. The van der Waals surface area contributed by atoms with Crippen LogP contribution >= 0.6 is 11.8 Å². The summed E-state index contributed by atoms with van der Waals surface area (Å²) in [6.45, 7) is 6.57. The van der Waals surface area contributed by atoms with Crippen LogP contribution in [0, 0.1) is 5.82 Å². The molecule has 1 rings (SSSR count). The van der Waals surface area contributed by atoms with Gasteiger partial charge in [0.15, 0.2) is 0 Å². The van der Waals surface area contributed by atoms with E-state index in [1.165, 1.54) is 6.07 Å². The Morgan fingerprint density at radius 1 is 1.38 bits per heavy atom. The van der Waals surface area contributed by atoms with Crippen LogP contribution in [0.25, 0.3) is 0 Å². The Morgan fingerprint density at radius 3 is 2.56 bits per heavy atom. The molecule has 1 N–H and O–H groups in total. The Hall–Kier alpha value is -0.540. The van der Waals surface area contributed by atoms with Crippen LogP contribution in [-0.2, 0) is 0 Å². The van der Waals surface area contributed by atoms with Crippen LogP contribution in [0.4, 0.5) is 4.39 Å². The average Bonchev–Trinajstić information content (AvgIpc) is 2.17. The molecule has 0 bridgehead atoms. The average molecular weight is 241 g/mol. The molecule has 0 amide bonds. The minimum atomic E-state index is -0.168. The zero-order valence-corrected chi connectivity index (χ0v) is 11.2. The van der Waals surface area contributed by atoms with Crippen molar-refractivity contribution in [2.45, 2.75) is 31.6 Å². The van der Waals surface area contributed by atoms with E-state index in [0.29, 0.717) is 0 Å². The van der Waals surface area contributed by atoms with Gasteiger partial charge in [-0.25, -0.2) is 4.39 Å². The molecular formula is C13H20FNS. The van der Waals surface area contributed by atoms with Crippen LogP contribution in [-0.4, -0.2) is 17.5 Å². The zero-order chi connectivity index (χ0) is 12.2. The molecule has 0 saturated heterocycles. The summed E-state index contributed by atoms with van der Waals surface area (Å²) in [5.41, 5.74) is 1.01. The molecule has 1 atom stereocenters. The summed E-state index contributed by atoms with van der Waals surface area (Å²) >= 11 is 1.88. The molecule has 0 spiro atoms. The highest BCUT2D eigenvalue weighted by Gasteiger charge is 2.16. The van der Waals surface area contributed by atoms with Crippen LogP contribution < -0.4 is 5.32 Å². The van der Waals surface area contributed by atoms with E-state index in [2.05, 4.69) is 26.1 Å².